The molecular formula is C27H27N3O5. The zero-order chi connectivity index (χ0) is 24.8. The van der Waals surface area contributed by atoms with E-state index < -0.39 is 24.0 Å². The Kier molecular flexibility index (Phi) is 7.40. The Hall–Kier alpha value is -4.20. The molecule has 8 nitrogen and oxygen atoms in total. The maximum Gasteiger partial charge on any atom is 0.407 e. The molecule has 2 amide bonds. The number of benzene rings is 2. The van der Waals surface area contributed by atoms with Gasteiger partial charge in [0.15, 0.2) is 0 Å². The lowest BCUT2D eigenvalue weighted by Gasteiger charge is -2.19. The molecule has 1 aliphatic rings. The summed E-state index contributed by atoms with van der Waals surface area (Å²) in [6, 6.07) is 18.6. The minimum Gasteiger partial charge on any atom is -0.481 e. The smallest absolute Gasteiger partial charge is 0.407 e. The Morgan fingerprint density at radius 2 is 1.66 bits per heavy atom. The number of ether oxygens (including phenoxy) is 1. The number of hydrogen-bond donors (Lipinski definition) is 3. The summed E-state index contributed by atoms with van der Waals surface area (Å²) >= 11 is 0. The molecule has 1 heterocycles. The Morgan fingerprint density at radius 3 is 2.29 bits per heavy atom. The van der Waals surface area contributed by atoms with Crippen LogP contribution in [0.3, 0.4) is 0 Å². The highest BCUT2D eigenvalue weighted by atomic mass is 16.5. The van der Waals surface area contributed by atoms with Crippen molar-refractivity contribution in [1.29, 1.82) is 0 Å². The zero-order valence-corrected chi connectivity index (χ0v) is 19.4. The molecule has 35 heavy (non-hydrogen) atoms. The van der Waals surface area contributed by atoms with Gasteiger partial charge >= 0.3 is 12.1 Å². The third-order valence-corrected chi connectivity index (χ3v) is 6.15. The lowest BCUT2D eigenvalue weighted by atomic mass is 9.98. The van der Waals surface area contributed by atoms with E-state index in [9.17, 15) is 14.4 Å². The molecule has 0 radical (unpaired) electrons. The van der Waals surface area contributed by atoms with Gasteiger partial charge in [-0.05, 0) is 47.2 Å². The normalized spacial score (nSPS) is 12.8. The van der Waals surface area contributed by atoms with E-state index in [2.05, 4.69) is 15.6 Å². The van der Waals surface area contributed by atoms with Crippen LogP contribution in [0.1, 0.15) is 41.1 Å². The predicted octanol–water partition coefficient (Wildman–Crippen LogP) is 3.78. The maximum absolute atomic E-state index is 12.8. The summed E-state index contributed by atoms with van der Waals surface area (Å²) in [5.74, 6) is -1.67. The molecule has 1 aliphatic carbocycles. The van der Waals surface area contributed by atoms with Gasteiger partial charge in [-0.2, -0.15) is 0 Å². The number of nitrogens with one attached hydrogen (secondary N) is 2. The number of amides is 2. The van der Waals surface area contributed by atoms with Gasteiger partial charge in [0.2, 0.25) is 5.91 Å². The van der Waals surface area contributed by atoms with Gasteiger partial charge in [0.1, 0.15) is 12.6 Å². The number of aliphatic carboxylic acids is 1. The quantitative estimate of drug-likeness (QED) is 0.435. The van der Waals surface area contributed by atoms with E-state index in [0.29, 0.717) is 5.69 Å². The molecule has 4 rings (SSSR count). The number of nitrogens with zero attached hydrogens (tertiary/aromatic N) is 1. The lowest BCUT2D eigenvalue weighted by molar-refractivity contribution is -0.137. The first-order valence-electron chi connectivity index (χ1n) is 11.5. The van der Waals surface area contributed by atoms with Crippen molar-refractivity contribution in [3.05, 3.63) is 89.2 Å². The largest absolute Gasteiger partial charge is 0.481 e. The van der Waals surface area contributed by atoms with E-state index in [-0.39, 0.29) is 31.9 Å². The standard InChI is InChI=1S/C27H27N3O5/c1-17-7-6-14-28-24(17)15-29-26(33)23(12-13-25(31)32)30-27(34)35-16-22-20-10-4-2-8-18(20)19-9-3-5-11-21(19)22/h2-11,14,22-23H,12-13,15-16H2,1H3,(H,29,33)(H,30,34)(H,31,32). The summed E-state index contributed by atoms with van der Waals surface area (Å²) in [6.07, 6.45) is 0.522. The molecule has 0 aliphatic heterocycles. The first-order chi connectivity index (χ1) is 16.9. The summed E-state index contributed by atoms with van der Waals surface area (Å²) < 4.78 is 5.52. The molecule has 0 saturated heterocycles. The van der Waals surface area contributed by atoms with Crippen molar-refractivity contribution in [2.24, 2.45) is 0 Å². The van der Waals surface area contributed by atoms with Crippen molar-refractivity contribution in [2.45, 2.75) is 38.3 Å². The summed E-state index contributed by atoms with van der Waals surface area (Å²) in [6.45, 7) is 2.15. The molecule has 1 unspecified atom stereocenters. The maximum atomic E-state index is 12.8. The van der Waals surface area contributed by atoms with Crippen molar-refractivity contribution in [2.75, 3.05) is 6.61 Å². The monoisotopic (exact) mass is 473 g/mol. The number of carbonyl (C=O) groups excluding carboxylic acids is 2. The predicted molar refractivity (Wildman–Crippen MR) is 130 cm³/mol. The molecule has 0 saturated carbocycles. The SMILES string of the molecule is Cc1cccnc1CNC(=O)C(CCC(=O)O)NC(=O)OCC1c2ccccc2-c2ccccc21. The van der Waals surface area contributed by atoms with Crippen LogP contribution in [0.2, 0.25) is 0 Å². The molecule has 0 spiro atoms. The van der Waals surface area contributed by atoms with Crippen LogP contribution in [-0.4, -0.2) is 40.7 Å². The number of aryl methyl sites for hydroxylation is 1. The molecule has 3 aromatic rings. The minimum absolute atomic E-state index is 0.0629. The van der Waals surface area contributed by atoms with Gasteiger partial charge in [-0.3, -0.25) is 14.6 Å². The third kappa shape index (κ3) is 5.66. The Labute approximate surface area is 203 Å². The summed E-state index contributed by atoms with van der Waals surface area (Å²) in [5, 5.41) is 14.3. The van der Waals surface area contributed by atoms with Gasteiger partial charge in [-0.1, -0.05) is 54.6 Å². The van der Waals surface area contributed by atoms with Crippen LogP contribution in [-0.2, 0) is 20.9 Å². The van der Waals surface area contributed by atoms with Crippen LogP contribution in [0.15, 0.2) is 66.9 Å². The number of aromatic nitrogens is 1. The van der Waals surface area contributed by atoms with Crippen LogP contribution in [0.25, 0.3) is 11.1 Å². The molecule has 8 heteroatoms. The molecule has 1 atom stereocenters. The highest BCUT2D eigenvalue weighted by Crippen LogP contribution is 2.44. The van der Waals surface area contributed by atoms with Gasteiger partial charge in [0, 0.05) is 18.5 Å². The highest BCUT2D eigenvalue weighted by Gasteiger charge is 2.30. The molecule has 3 N–H and O–H groups in total. The molecule has 2 aromatic carbocycles. The number of fused-ring (bicyclic) bond motifs is 3. The van der Waals surface area contributed by atoms with Crippen molar-refractivity contribution in [1.82, 2.24) is 15.6 Å². The van der Waals surface area contributed by atoms with Gasteiger partial charge < -0.3 is 20.5 Å². The molecule has 1 aromatic heterocycles. The Morgan fingerprint density at radius 1 is 1.00 bits per heavy atom. The second kappa shape index (κ2) is 10.8. The minimum atomic E-state index is -1.06. The number of carbonyl (C=O) groups is 3. The zero-order valence-electron chi connectivity index (χ0n) is 19.4. The van der Waals surface area contributed by atoms with E-state index in [1.165, 1.54) is 0 Å². The van der Waals surface area contributed by atoms with E-state index in [4.69, 9.17) is 9.84 Å². The van der Waals surface area contributed by atoms with E-state index >= 15 is 0 Å². The van der Waals surface area contributed by atoms with Gasteiger partial charge in [0.25, 0.3) is 0 Å². The lowest BCUT2D eigenvalue weighted by Crippen LogP contribution is -2.47. The van der Waals surface area contributed by atoms with Gasteiger partial charge in [-0.15, -0.1) is 0 Å². The van der Waals surface area contributed by atoms with Crippen molar-refractivity contribution in [3.63, 3.8) is 0 Å². The van der Waals surface area contributed by atoms with Gasteiger partial charge in [0.05, 0.1) is 12.2 Å². The van der Waals surface area contributed by atoms with Gasteiger partial charge in [-0.25, -0.2) is 4.79 Å². The van der Waals surface area contributed by atoms with Crippen molar-refractivity contribution < 1.29 is 24.2 Å². The van der Waals surface area contributed by atoms with E-state index in [1.54, 1.807) is 12.3 Å². The van der Waals surface area contributed by atoms with Crippen LogP contribution >= 0.6 is 0 Å². The number of hydrogen-bond acceptors (Lipinski definition) is 5. The van der Waals surface area contributed by atoms with Crippen LogP contribution in [0.5, 0.6) is 0 Å². The average molecular weight is 474 g/mol. The number of carboxylic acids is 1. The van der Waals surface area contributed by atoms with Crippen LogP contribution < -0.4 is 10.6 Å². The fourth-order valence-electron chi connectivity index (χ4n) is 4.32. The number of alkyl carbamates (subject to hydrolysis) is 1. The first-order valence-corrected chi connectivity index (χ1v) is 11.5. The third-order valence-electron chi connectivity index (χ3n) is 6.15. The number of carboxylic acid groups (broad SMARTS) is 1. The fourth-order valence-corrected chi connectivity index (χ4v) is 4.32. The highest BCUT2D eigenvalue weighted by molar-refractivity contribution is 5.86. The average Bonchev–Trinajstić information content (AvgIpc) is 3.18. The number of pyridine rings is 1. The van der Waals surface area contributed by atoms with E-state index in [0.717, 1.165) is 27.8 Å². The Bertz CT molecular complexity index is 1200. The van der Waals surface area contributed by atoms with Crippen LogP contribution in [0, 0.1) is 6.92 Å². The van der Waals surface area contributed by atoms with Crippen molar-refractivity contribution >= 4 is 18.0 Å². The van der Waals surface area contributed by atoms with Crippen molar-refractivity contribution in [3.8, 4) is 11.1 Å². The molecular weight excluding hydrogens is 446 g/mol. The summed E-state index contributed by atoms with van der Waals surface area (Å²) in [4.78, 5) is 40.7. The Balaban J connectivity index is 1.39. The molecule has 180 valence electrons. The topological polar surface area (TPSA) is 118 Å². The fraction of sp³-hybridized carbons (Fsp3) is 0.259. The first kappa shape index (κ1) is 23.9. The summed E-state index contributed by atoms with van der Waals surface area (Å²) in [5.41, 5.74) is 5.99. The number of rotatable bonds is 9. The van der Waals surface area contributed by atoms with E-state index in [1.807, 2.05) is 61.5 Å². The summed E-state index contributed by atoms with van der Waals surface area (Å²) in [7, 11) is 0. The van der Waals surface area contributed by atoms with Crippen LogP contribution in [0.4, 0.5) is 4.79 Å². The molecule has 0 fully saturated rings. The second-order valence-corrected chi connectivity index (χ2v) is 8.44. The second-order valence-electron chi connectivity index (χ2n) is 8.44. The molecule has 0 bridgehead atoms.